The lowest BCUT2D eigenvalue weighted by molar-refractivity contribution is -0.116. The summed E-state index contributed by atoms with van der Waals surface area (Å²) in [6, 6.07) is 15.1. The Morgan fingerprint density at radius 2 is 1.88 bits per heavy atom. The van der Waals surface area contributed by atoms with Crippen LogP contribution in [0.25, 0.3) is 11.3 Å². The first-order valence-electron chi connectivity index (χ1n) is 10.6. The molecule has 0 radical (unpaired) electrons. The maximum Gasteiger partial charge on any atom is 0.238 e. The van der Waals surface area contributed by atoms with E-state index in [9.17, 15) is 9.18 Å². The summed E-state index contributed by atoms with van der Waals surface area (Å²) in [6.07, 6.45) is 5.24. The lowest BCUT2D eigenvalue weighted by Gasteiger charge is -2.27. The molecule has 1 atom stereocenters. The van der Waals surface area contributed by atoms with Crippen molar-refractivity contribution in [1.29, 1.82) is 0 Å². The molecule has 33 heavy (non-hydrogen) atoms. The van der Waals surface area contributed by atoms with Crippen molar-refractivity contribution in [2.75, 3.05) is 24.1 Å². The van der Waals surface area contributed by atoms with Crippen LogP contribution in [0.1, 0.15) is 23.2 Å². The van der Waals surface area contributed by atoms with Crippen LogP contribution in [0.2, 0.25) is 0 Å². The van der Waals surface area contributed by atoms with Crippen LogP contribution in [0, 0.1) is 5.82 Å². The fraction of sp³-hybridized carbons (Fsp3) is 0.167. The molecule has 4 N–H and O–H groups in total. The first-order valence-corrected chi connectivity index (χ1v) is 10.6. The largest absolute Gasteiger partial charge is 0.382 e. The SMILES string of the molecule is Nc1ncc(-c2cnn(C3CNC3)c2)nc1[C@H](C(=O)Nc1ccc(F)cc1)c1ccccc1. The van der Waals surface area contributed by atoms with Crippen LogP contribution in [0.15, 0.2) is 73.2 Å². The van der Waals surface area contributed by atoms with Gasteiger partial charge in [0, 0.05) is 30.5 Å². The molecule has 0 spiro atoms. The number of anilines is 2. The molecular weight excluding hydrogens is 421 g/mol. The average Bonchev–Trinajstić information content (AvgIpc) is 3.26. The van der Waals surface area contributed by atoms with Crippen LogP contribution in [0.5, 0.6) is 0 Å². The normalized spacial score (nSPS) is 14.5. The second-order valence-electron chi connectivity index (χ2n) is 7.89. The van der Waals surface area contributed by atoms with Crippen LogP contribution in [0.4, 0.5) is 15.9 Å². The molecule has 8 nitrogen and oxygen atoms in total. The van der Waals surface area contributed by atoms with E-state index < -0.39 is 5.92 Å². The van der Waals surface area contributed by atoms with Gasteiger partial charge in [0.2, 0.25) is 5.91 Å². The minimum Gasteiger partial charge on any atom is -0.382 e. The van der Waals surface area contributed by atoms with E-state index in [1.165, 1.54) is 24.3 Å². The summed E-state index contributed by atoms with van der Waals surface area (Å²) in [7, 11) is 0. The Hall–Kier alpha value is -4.11. The number of carbonyl (C=O) groups is 1. The third-order valence-electron chi connectivity index (χ3n) is 5.64. The zero-order valence-electron chi connectivity index (χ0n) is 17.6. The van der Waals surface area contributed by atoms with Crippen molar-refractivity contribution < 1.29 is 9.18 Å². The maximum atomic E-state index is 13.4. The first kappa shape index (κ1) is 20.8. The smallest absolute Gasteiger partial charge is 0.238 e. The predicted molar refractivity (Wildman–Crippen MR) is 123 cm³/mol. The summed E-state index contributed by atoms with van der Waals surface area (Å²) in [5.74, 6) is -1.37. The highest BCUT2D eigenvalue weighted by atomic mass is 19.1. The van der Waals surface area contributed by atoms with Gasteiger partial charge < -0.3 is 16.4 Å². The lowest BCUT2D eigenvalue weighted by Crippen LogP contribution is -2.43. The molecule has 4 aromatic rings. The molecule has 1 amide bonds. The minimum atomic E-state index is -0.811. The number of nitrogens with two attached hydrogens (primary N) is 1. The van der Waals surface area contributed by atoms with Crippen LogP contribution < -0.4 is 16.4 Å². The van der Waals surface area contributed by atoms with Crippen molar-refractivity contribution in [2.45, 2.75) is 12.0 Å². The van der Waals surface area contributed by atoms with Gasteiger partial charge in [-0.05, 0) is 29.8 Å². The fourth-order valence-corrected chi connectivity index (χ4v) is 3.72. The molecule has 1 aliphatic rings. The van der Waals surface area contributed by atoms with E-state index in [4.69, 9.17) is 10.7 Å². The number of halogens is 1. The molecule has 5 rings (SSSR count). The van der Waals surface area contributed by atoms with E-state index in [-0.39, 0.29) is 17.5 Å². The summed E-state index contributed by atoms with van der Waals surface area (Å²) in [5, 5.41) is 10.5. The number of hydrogen-bond donors (Lipinski definition) is 3. The Labute approximate surface area is 189 Å². The standard InChI is InChI=1S/C24H22FN7O/c25-17-6-8-18(9-7-17)30-24(33)21(15-4-2-1-3-5-15)22-23(26)28-13-20(31-22)16-10-29-32(14-16)19-11-27-12-19/h1-10,13-14,19,21,27H,11-12H2,(H2,26,28)(H,30,33)/t21-/m1/s1. The fourth-order valence-electron chi connectivity index (χ4n) is 3.72. The summed E-state index contributed by atoms with van der Waals surface area (Å²) >= 11 is 0. The molecule has 9 heteroatoms. The Morgan fingerprint density at radius 3 is 2.58 bits per heavy atom. The van der Waals surface area contributed by atoms with E-state index in [1.807, 2.05) is 41.2 Å². The number of nitrogens with zero attached hydrogens (tertiary/aromatic N) is 4. The molecule has 2 aromatic heterocycles. The predicted octanol–water partition coefficient (Wildman–Crippen LogP) is 2.98. The number of hydrogen-bond acceptors (Lipinski definition) is 6. The molecule has 0 aliphatic carbocycles. The van der Waals surface area contributed by atoms with E-state index in [1.54, 1.807) is 12.4 Å². The second-order valence-corrected chi connectivity index (χ2v) is 7.89. The molecule has 1 aliphatic heterocycles. The molecule has 1 saturated heterocycles. The topological polar surface area (TPSA) is 111 Å². The van der Waals surface area contributed by atoms with Gasteiger partial charge in [-0.3, -0.25) is 9.48 Å². The Morgan fingerprint density at radius 1 is 1.12 bits per heavy atom. The monoisotopic (exact) mass is 443 g/mol. The van der Waals surface area contributed by atoms with Crippen molar-refractivity contribution in [3.8, 4) is 11.3 Å². The van der Waals surface area contributed by atoms with Crippen LogP contribution in [-0.4, -0.2) is 38.7 Å². The Bertz CT molecular complexity index is 1270. The summed E-state index contributed by atoms with van der Waals surface area (Å²) in [6.45, 7) is 1.75. The number of nitrogens with one attached hydrogen (secondary N) is 2. The first-order chi connectivity index (χ1) is 16.1. The minimum absolute atomic E-state index is 0.164. The maximum absolute atomic E-state index is 13.4. The van der Waals surface area contributed by atoms with Crippen molar-refractivity contribution in [3.63, 3.8) is 0 Å². The molecule has 166 valence electrons. The Kier molecular flexibility index (Phi) is 5.54. The van der Waals surface area contributed by atoms with Crippen molar-refractivity contribution in [2.24, 2.45) is 0 Å². The van der Waals surface area contributed by atoms with Gasteiger partial charge in [-0.1, -0.05) is 30.3 Å². The van der Waals surface area contributed by atoms with Gasteiger partial charge in [-0.15, -0.1) is 0 Å². The van der Waals surface area contributed by atoms with Crippen molar-refractivity contribution >= 4 is 17.4 Å². The van der Waals surface area contributed by atoms with E-state index >= 15 is 0 Å². The second kappa shape index (κ2) is 8.79. The zero-order valence-corrected chi connectivity index (χ0v) is 17.6. The molecular formula is C24H22FN7O. The highest BCUT2D eigenvalue weighted by molar-refractivity contribution is 5.98. The van der Waals surface area contributed by atoms with Crippen LogP contribution in [-0.2, 0) is 4.79 Å². The highest BCUT2D eigenvalue weighted by Crippen LogP contribution is 2.30. The molecule has 1 fully saturated rings. The lowest BCUT2D eigenvalue weighted by atomic mass is 9.94. The van der Waals surface area contributed by atoms with Gasteiger partial charge in [0.1, 0.15) is 23.2 Å². The average molecular weight is 443 g/mol. The number of nitrogen functional groups attached to an aromatic ring is 1. The molecule has 2 aromatic carbocycles. The van der Waals surface area contributed by atoms with E-state index in [0.29, 0.717) is 28.7 Å². The third kappa shape index (κ3) is 4.31. The third-order valence-corrected chi connectivity index (χ3v) is 5.64. The van der Waals surface area contributed by atoms with Gasteiger partial charge in [0.15, 0.2) is 0 Å². The number of rotatable bonds is 6. The number of benzene rings is 2. The summed E-state index contributed by atoms with van der Waals surface area (Å²) < 4.78 is 15.2. The van der Waals surface area contributed by atoms with E-state index in [2.05, 4.69) is 20.7 Å². The number of amides is 1. The van der Waals surface area contributed by atoms with Gasteiger partial charge in [0.05, 0.1) is 24.1 Å². The molecule has 0 unspecified atom stereocenters. The summed E-state index contributed by atoms with van der Waals surface area (Å²) in [5.41, 5.74) is 9.11. The molecule has 0 saturated carbocycles. The quantitative estimate of drug-likeness (QED) is 0.423. The highest BCUT2D eigenvalue weighted by Gasteiger charge is 2.28. The van der Waals surface area contributed by atoms with Gasteiger partial charge in [-0.25, -0.2) is 14.4 Å². The molecule has 3 heterocycles. The molecule has 0 bridgehead atoms. The van der Waals surface area contributed by atoms with Gasteiger partial charge in [0.25, 0.3) is 0 Å². The summed E-state index contributed by atoms with van der Waals surface area (Å²) in [4.78, 5) is 22.4. The number of carbonyl (C=O) groups excluding carboxylic acids is 1. The van der Waals surface area contributed by atoms with Crippen LogP contribution in [0.3, 0.4) is 0 Å². The van der Waals surface area contributed by atoms with Crippen molar-refractivity contribution in [3.05, 3.63) is 90.3 Å². The van der Waals surface area contributed by atoms with Gasteiger partial charge >= 0.3 is 0 Å². The van der Waals surface area contributed by atoms with E-state index in [0.717, 1.165) is 18.7 Å². The van der Waals surface area contributed by atoms with Crippen molar-refractivity contribution in [1.82, 2.24) is 25.1 Å². The number of aromatic nitrogens is 4. The zero-order chi connectivity index (χ0) is 22.8. The van der Waals surface area contributed by atoms with Gasteiger partial charge in [-0.2, -0.15) is 5.10 Å². The van der Waals surface area contributed by atoms with Crippen LogP contribution >= 0.6 is 0 Å². The Balaban J connectivity index is 1.51.